The summed E-state index contributed by atoms with van der Waals surface area (Å²) < 4.78 is 40.0. The van der Waals surface area contributed by atoms with Gasteiger partial charge in [0.2, 0.25) is 0 Å². The third-order valence-corrected chi connectivity index (χ3v) is 8.47. The number of thiophene rings is 1. The van der Waals surface area contributed by atoms with E-state index in [1.54, 1.807) is 27.7 Å². The summed E-state index contributed by atoms with van der Waals surface area (Å²) in [5, 5.41) is 9.92. The van der Waals surface area contributed by atoms with Crippen molar-refractivity contribution in [2.75, 3.05) is 19.9 Å². The maximum atomic E-state index is 14.7. The Morgan fingerprint density at radius 1 is 1.25 bits per heavy atom. The van der Waals surface area contributed by atoms with Crippen molar-refractivity contribution in [3.63, 3.8) is 0 Å². The molecule has 0 amide bonds. The lowest BCUT2D eigenvalue weighted by molar-refractivity contribution is -0.164. The van der Waals surface area contributed by atoms with Gasteiger partial charge in [0.25, 0.3) is 5.56 Å². The fourth-order valence-electron chi connectivity index (χ4n) is 5.03. The van der Waals surface area contributed by atoms with Crippen molar-refractivity contribution in [1.29, 1.82) is 5.26 Å². The van der Waals surface area contributed by atoms with E-state index >= 15 is 0 Å². The number of carbonyl (C=O) groups is 1. The molecule has 0 N–H and O–H groups in total. The summed E-state index contributed by atoms with van der Waals surface area (Å²) in [7, 11) is 0. The Bertz CT molecular complexity index is 1770. The van der Waals surface area contributed by atoms with Crippen LogP contribution in [0.15, 0.2) is 27.8 Å². The Hall–Kier alpha value is -4.04. The van der Waals surface area contributed by atoms with Crippen molar-refractivity contribution in [3.8, 4) is 11.8 Å². The van der Waals surface area contributed by atoms with Gasteiger partial charge < -0.3 is 18.9 Å². The van der Waals surface area contributed by atoms with Crippen LogP contribution in [0.25, 0.3) is 15.1 Å². The summed E-state index contributed by atoms with van der Waals surface area (Å²) in [5.41, 5.74) is -3.56. The highest BCUT2D eigenvalue weighted by atomic mass is 32.1. The SMILES string of the molecule is [C-]#[N+]COc1ccc(F)cc1C(Cn1c(=O)n(C(C)(C)C(=O)OC(C)(C)C)c(=O)c2c(C)c(C#N)sc21)OC1CCOCC1. The lowest BCUT2D eigenvalue weighted by Gasteiger charge is -2.31. The van der Waals surface area contributed by atoms with Crippen LogP contribution in [0.1, 0.15) is 69.6 Å². The number of aromatic nitrogens is 2. The molecule has 0 spiro atoms. The van der Waals surface area contributed by atoms with E-state index in [1.165, 1.54) is 36.6 Å². The molecule has 1 unspecified atom stereocenters. The highest BCUT2D eigenvalue weighted by Crippen LogP contribution is 2.35. The van der Waals surface area contributed by atoms with E-state index < -0.39 is 40.3 Å². The van der Waals surface area contributed by atoms with Crippen LogP contribution >= 0.6 is 11.3 Å². The van der Waals surface area contributed by atoms with Gasteiger partial charge in [0.15, 0.2) is 0 Å². The molecule has 11 nitrogen and oxygen atoms in total. The molecule has 234 valence electrons. The third kappa shape index (κ3) is 6.70. The van der Waals surface area contributed by atoms with Crippen LogP contribution in [0, 0.1) is 30.6 Å². The van der Waals surface area contributed by atoms with Gasteiger partial charge in [-0.2, -0.15) is 5.26 Å². The molecule has 0 aliphatic carbocycles. The molecule has 44 heavy (non-hydrogen) atoms. The molecule has 1 atom stereocenters. The molecule has 3 aromatic rings. The van der Waals surface area contributed by atoms with Gasteiger partial charge in [0.05, 0.1) is 18.0 Å². The molecule has 1 aliphatic heterocycles. The maximum Gasteiger partial charge on any atom is 0.357 e. The fourth-order valence-corrected chi connectivity index (χ4v) is 6.13. The molecular weight excluding hydrogens is 591 g/mol. The topological polar surface area (TPSA) is 126 Å². The minimum absolute atomic E-state index is 0.108. The van der Waals surface area contributed by atoms with E-state index in [-0.39, 0.29) is 45.8 Å². The zero-order valence-corrected chi connectivity index (χ0v) is 26.4. The molecule has 3 heterocycles. The van der Waals surface area contributed by atoms with Crippen LogP contribution in [0.2, 0.25) is 0 Å². The van der Waals surface area contributed by atoms with Crippen LogP contribution in [-0.2, 0) is 31.1 Å². The van der Waals surface area contributed by atoms with E-state index in [9.17, 15) is 24.0 Å². The largest absolute Gasteiger partial charge is 0.458 e. The number of nitrogens with zero attached hydrogens (tertiary/aromatic N) is 4. The summed E-state index contributed by atoms with van der Waals surface area (Å²) in [6.07, 6.45) is -0.188. The number of esters is 1. The molecule has 0 saturated carbocycles. The second-order valence-electron chi connectivity index (χ2n) is 12.0. The smallest absolute Gasteiger partial charge is 0.357 e. The first-order valence-electron chi connectivity index (χ1n) is 14.1. The number of ether oxygens (including phenoxy) is 4. The van der Waals surface area contributed by atoms with Crippen molar-refractivity contribution < 1.29 is 28.1 Å². The summed E-state index contributed by atoms with van der Waals surface area (Å²) in [4.78, 5) is 45.3. The predicted octanol–water partition coefficient (Wildman–Crippen LogP) is 4.81. The van der Waals surface area contributed by atoms with Crippen LogP contribution in [0.5, 0.6) is 5.75 Å². The van der Waals surface area contributed by atoms with Gasteiger partial charge in [0.1, 0.15) is 44.6 Å². The van der Waals surface area contributed by atoms with E-state index in [0.717, 1.165) is 15.9 Å². The highest BCUT2D eigenvalue weighted by Gasteiger charge is 2.39. The van der Waals surface area contributed by atoms with E-state index in [1.807, 2.05) is 0 Å². The predicted molar refractivity (Wildman–Crippen MR) is 161 cm³/mol. The Balaban J connectivity index is 1.98. The van der Waals surface area contributed by atoms with E-state index in [0.29, 0.717) is 31.6 Å². The monoisotopic (exact) mass is 626 g/mol. The van der Waals surface area contributed by atoms with Gasteiger partial charge >= 0.3 is 18.4 Å². The van der Waals surface area contributed by atoms with Gasteiger partial charge in [0, 0.05) is 18.8 Å². The standard InChI is InChI=1S/C31H35FN4O7S/c1-18-24(15-33)44-27-25(18)26(37)36(31(5,6)28(38)43-30(2,3)4)29(39)35(27)16-23(42-20-10-12-40-13-11-20)21-14-19(32)8-9-22(21)41-17-34-7/h8-9,14,20,23H,10-13,16-17H2,1-6H3. The first-order valence-corrected chi connectivity index (χ1v) is 14.9. The summed E-state index contributed by atoms with van der Waals surface area (Å²) in [6.45, 7) is 17.0. The van der Waals surface area contributed by atoms with Gasteiger partial charge in [-0.15, -0.1) is 11.3 Å². The number of benzene rings is 1. The number of hydrogen-bond donors (Lipinski definition) is 0. The van der Waals surface area contributed by atoms with E-state index in [4.69, 9.17) is 25.5 Å². The minimum atomic E-state index is -1.74. The second-order valence-corrected chi connectivity index (χ2v) is 13.0. The van der Waals surface area contributed by atoms with Crippen molar-refractivity contribution in [3.05, 3.63) is 72.3 Å². The van der Waals surface area contributed by atoms with Crippen molar-refractivity contribution in [2.45, 2.75) is 84.3 Å². The zero-order valence-electron chi connectivity index (χ0n) is 25.6. The normalized spacial score (nSPS) is 15.0. The lowest BCUT2D eigenvalue weighted by atomic mass is 10.0. The third-order valence-electron chi connectivity index (χ3n) is 7.25. The Kier molecular flexibility index (Phi) is 9.64. The minimum Gasteiger partial charge on any atom is -0.458 e. The molecule has 4 rings (SSSR count). The summed E-state index contributed by atoms with van der Waals surface area (Å²) in [6, 6.07) is 5.90. The van der Waals surface area contributed by atoms with Crippen LogP contribution in [0.3, 0.4) is 0 Å². The second kappa shape index (κ2) is 12.9. The number of nitriles is 1. The van der Waals surface area contributed by atoms with Gasteiger partial charge in [-0.3, -0.25) is 14.2 Å². The average Bonchev–Trinajstić information content (AvgIpc) is 3.29. The molecule has 13 heteroatoms. The number of hydrogen-bond acceptors (Lipinski definition) is 9. The summed E-state index contributed by atoms with van der Waals surface area (Å²) in [5.74, 6) is -1.17. The lowest BCUT2D eigenvalue weighted by Crippen LogP contribution is -2.54. The number of carbonyl (C=O) groups excluding carboxylic acids is 1. The van der Waals surface area contributed by atoms with Gasteiger partial charge in [-0.05, 0) is 78.1 Å². The molecule has 2 aromatic heterocycles. The van der Waals surface area contributed by atoms with Gasteiger partial charge in [-0.25, -0.2) is 25.1 Å². The number of halogens is 1. The fraction of sp³-hybridized carbons (Fsp3) is 0.516. The Labute approximate surface area is 258 Å². The highest BCUT2D eigenvalue weighted by molar-refractivity contribution is 7.19. The van der Waals surface area contributed by atoms with Crippen molar-refractivity contribution in [2.24, 2.45) is 0 Å². The molecule has 0 radical (unpaired) electrons. The van der Waals surface area contributed by atoms with Crippen LogP contribution in [0.4, 0.5) is 4.39 Å². The molecular formula is C31H35FN4O7S. The quantitative estimate of drug-likeness (QED) is 0.245. The van der Waals surface area contributed by atoms with Crippen molar-refractivity contribution in [1.82, 2.24) is 9.13 Å². The maximum absolute atomic E-state index is 14.7. The van der Waals surface area contributed by atoms with E-state index in [2.05, 4.69) is 10.9 Å². The molecule has 1 fully saturated rings. The molecule has 1 aliphatic rings. The zero-order chi connectivity index (χ0) is 32.4. The van der Waals surface area contributed by atoms with Gasteiger partial charge in [-0.1, -0.05) is 0 Å². The Morgan fingerprint density at radius 3 is 2.55 bits per heavy atom. The Morgan fingerprint density at radius 2 is 1.93 bits per heavy atom. The molecule has 1 saturated heterocycles. The number of aryl methyl sites for hydroxylation is 1. The first-order chi connectivity index (χ1) is 20.7. The average molecular weight is 627 g/mol. The molecule has 1 aromatic carbocycles. The first kappa shape index (κ1) is 32.9. The summed E-state index contributed by atoms with van der Waals surface area (Å²) >= 11 is 0.973. The van der Waals surface area contributed by atoms with Crippen molar-refractivity contribution >= 4 is 27.5 Å². The number of rotatable bonds is 9. The molecule has 0 bridgehead atoms. The van der Waals surface area contributed by atoms with Crippen LogP contribution in [-0.4, -0.2) is 46.8 Å². The van der Waals surface area contributed by atoms with Crippen LogP contribution < -0.4 is 16.0 Å². The number of fused-ring (bicyclic) bond motifs is 1.